The van der Waals surface area contributed by atoms with Crippen LogP contribution < -0.4 is 10.2 Å². The van der Waals surface area contributed by atoms with Crippen LogP contribution in [0.3, 0.4) is 0 Å². The summed E-state index contributed by atoms with van der Waals surface area (Å²) in [5.41, 5.74) is 0.877. The number of benzene rings is 1. The van der Waals surface area contributed by atoms with Crippen molar-refractivity contribution in [3.8, 4) is 0 Å². The molecule has 4 rings (SSSR count). The van der Waals surface area contributed by atoms with Crippen LogP contribution in [0.25, 0.3) is 0 Å². The molecule has 1 saturated carbocycles. The Bertz CT molecular complexity index is 858. The second-order valence-corrected chi connectivity index (χ2v) is 7.89. The topological polar surface area (TPSA) is 62.3 Å². The Morgan fingerprint density at radius 1 is 1.22 bits per heavy atom. The third-order valence-electron chi connectivity index (χ3n) is 5.71. The van der Waals surface area contributed by atoms with E-state index in [2.05, 4.69) is 10.3 Å². The molecule has 1 spiro atoms. The van der Waals surface area contributed by atoms with Crippen LogP contribution >= 0.6 is 11.6 Å². The smallest absolute Gasteiger partial charge is 0.270 e. The lowest BCUT2D eigenvalue weighted by Crippen LogP contribution is -2.46. The fourth-order valence-corrected chi connectivity index (χ4v) is 4.56. The highest BCUT2D eigenvalue weighted by molar-refractivity contribution is 6.31. The van der Waals surface area contributed by atoms with Gasteiger partial charge in [0, 0.05) is 29.5 Å². The maximum atomic E-state index is 13.3. The fourth-order valence-electron chi connectivity index (χ4n) is 4.37. The lowest BCUT2D eigenvalue weighted by atomic mass is 9.71. The predicted molar refractivity (Wildman–Crippen MR) is 105 cm³/mol. The third-order valence-corrected chi connectivity index (χ3v) is 5.95. The Labute approximate surface area is 163 Å². The molecule has 1 aromatic heterocycles. The molecule has 1 aliphatic carbocycles. The number of nitrogens with zero attached hydrogens (tertiary/aromatic N) is 2. The van der Waals surface area contributed by atoms with Crippen molar-refractivity contribution in [3.63, 3.8) is 0 Å². The van der Waals surface area contributed by atoms with E-state index in [0.29, 0.717) is 23.7 Å². The van der Waals surface area contributed by atoms with Crippen LogP contribution in [-0.2, 0) is 4.79 Å². The number of rotatable bonds is 3. The van der Waals surface area contributed by atoms with Crippen LogP contribution in [0, 0.1) is 5.41 Å². The average molecular weight is 384 g/mol. The zero-order valence-electron chi connectivity index (χ0n) is 15.0. The number of halogens is 1. The Kier molecular flexibility index (Phi) is 4.87. The van der Waals surface area contributed by atoms with E-state index in [1.54, 1.807) is 24.4 Å². The van der Waals surface area contributed by atoms with Crippen molar-refractivity contribution >= 4 is 29.1 Å². The molecule has 2 fully saturated rings. The molecule has 140 valence electrons. The zero-order chi connectivity index (χ0) is 18.9. The van der Waals surface area contributed by atoms with Crippen molar-refractivity contribution in [2.45, 2.75) is 38.1 Å². The molecule has 1 saturated heterocycles. The molecule has 1 N–H and O–H groups in total. The number of pyridine rings is 1. The maximum Gasteiger partial charge on any atom is 0.270 e. The van der Waals surface area contributed by atoms with Crippen LogP contribution in [0.15, 0.2) is 48.7 Å². The molecule has 2 heterocycles. The molecule has 0 radical (unpaired) electrons. The minimum absolute atomic E-state index is 0.00322. The monoisotopic (exact) mass is 383 g/mol. The van der Waals surface area contributed by atoms with E-state index in [-0.39, 0.29) is 23.3 Å². The number of nitrogens with one attached hydrogen (secondary N) is 1. The number of aromatic nitrogens is 1. The number of carbonyl (C=O) groups excluding carboxylic acids is 2. The van der Waals surface area contributed by atoms with E-state index in [0.717, 1.165) is 31.4 Å². The fraction of sp³-hybridized carbons (Fsp3) is 0.381. The standard InChI is InChI=1S/C21H22ClN3O2/c22-15-5-3-7-17(13-15)25-12-10-21(20(25)27)9-4-6-16(14-21)24-19(26)18-8-1-2-11-23-18/h1-3,5,7-8,11,13,16H,4,6,9-10,12,14H2,(H,24,26)/t16?,21-/m0/s1. The Morgan fingerprint density at radius 3 is 2.89 bits per heavy atom. The first-order chi connectivity index (χ1) is 13.1. The van der Waals surface area contributed by atoms with Crippen molar-refractivity contribution in [1.29, 1.82) is 0 Å². The van der Waals surface area contributed by atoms with Gasteiger partial charge in [-0.05, 0) is 56.0 Å². The van der Waals surface area contributed by atoms with Gasteiger partial charge in [-0.25, -0.2) is 0 Å². The summed E-state index contributed by atoms with van der Waals surface area (Å²) in [7, 11) is 0. The number of amides is 2. The highest BCUT2D eigenvalue weighted by atomic mass is 35.5. The van der Waals surface area contributed by atoms with Gasteiger partial charge >= 0.3 is 0 Å². The van der Waals surface area contributed by atoms with Gasteiger partial charge in [-0.3, -0.25) is 14.6 Å². The van der Waals surface area contributed by atoms with Crippen LogP contribution in [0.4, 0.5) is 5.69 Å². The number of anilines is 1. The van der Waals surface area contributed by atoms with Gasteiger partial charge in [0.15, 0.2) is 0 Å². The van der Waals surface area contributed by atoms with Gasteiger partial charge in [0.2, 0.25) is 5.91 Å². The Morgan fingerprint density at radius 2 is 2.11 bits per heavy atom. The molecule has 2 aromatic rings. The molecular formula is C21H22ClN3O2. The molecule has 5 nitrogen and oxygen atoms in total. The summed E-state index contributed by atoms with van der Waals surface area (Å²) in [6, 6.07) is 12.7. The third kappa shape index (κ3) is 3.56. The van der Waals surface area contributed by atoms with Gasteiger partial charge in [-0.15, -0.1) is 0 Å². The second kappa shape index (κ2) is 7.31. The number of hydrogen-bond acceptors (Lipinski definition) is 3. The van der Waals surface area contributed by atoms with E-state index in [1.165, 1.54) is 0 Å². The van der Waals surface area contributed by atoms with Crippen molar-refractivity contribution in [1.82, 2.24) is 10.3 Å². The summed E-state index contributed by atoms with van der Waals surface area (Å²) in [4.78, 5) is 31.6. The van der Waals surface area contributed by atoms with E-state index >= 15 is 0 Å². The van der Waals surface area contributed by atoms with E-state index in [4.69, 9.17) is 11.6 Å². The summed E-state index contributed by atoms with van der Waals surface area (Å²) < 4.78 is 0. The van der Waals surface area contributed by atoms with Gasteiger partial charge in [0.25, 0.3) is 5.91 Å². The van der Waals surface area contributed by atoms with E-state index < -0.39 is 0 Å². The molecule has 2 amide bonds. The molecule has 2 atom stereocenters. The van der Waals surface area contributed by atoms with Crippen molar-refractivity contribution < 1.29 is 9.59 Å². The molecular weight excluding hydrogens is 362 g/mol. The molecule has 2 aliphatic rings. The number of carbonyl (C=O) groups is 2. The lowest BCUT2D eigenvalue weighted by Gasteiger charge is -2.36. The lowest BCUT2D eigenvalue weighted by molar-refractivity contribution is -0.127. The zero-order valence-corrected chi connectivity index (χ0v) is 15.8. The quantitative estimate of drug-likeness (QED) is 0.876. The average Bonchev–Trinajstić information content (AvgIpc) is 2.98. The van der Waals surface area contributed by atoms with Crippen LogP contribution in [0.1, 0.15) is 42.6 Å². The Balaban J connectivity index is 1.47. The predicted octanol–water partition coefficient (Wildman–Crippen LogP) is 3.83. The van der Waals surface area contributed by atoms with Gasteiger partial charge in [-0.2, -0.15) is 0 Å². The summed E-state index contributed by atoms with van der Waals surface area (Å²) in [6.45, 7) is 0.695. The maximum absolute atomic E-state index is 13.3. The molecule has 6 heteroatoms. The van der Waals surface area contributed by atoms with Gasteiger partial charge in [-0.1, -0.05) is 30.2 Å². The summed E-state index contributed by atoms with van der Waals surface area (Å²) in [5.74, 6) is -0.0173. The first-order valence-electron chi connectivity index (χ1n) is 9.37. The highest BCUT2D eigenvalue weighted by Crippen LogP contribution is 2.46. The van der Waals surface area contributed by atoms with Crippen LogP contribution in [-0.4, -0.2) is 29.4 Å². The number of hydrogen-bond donors (Lipinski definition) is 1. The van der Waals surface area contributed by atoms with Crippen molar-refractivity contribution in [2.75, 3.05) is 11.4 Å². The molecule has 1 aliphatic heterocycles. The molecule has 1 unspecified atom stereocenters. The molecule has 1 aromatic carbocycles. The first-order valence-corrected chi connectivity index (χ1v) is 9.75. The summed E-state index contributed by atoms with van der Waals surface area (Å²) in [5, 5.41) is 3.71. The van der Waals surface area contributed by atoms with Gasteiger partial charge in [0.1, 0.15) is 5.69 Å². The van der Waals surface area contributed by atoms with Gasteiger partial charge < -0.3 is 10.2 Å². The molecule has 27 heavy (non-hydrogen) atoms. The minimum atomic E-state index is -0.386. The van der Waals surface area contributed by atoms with Crippen LogP contribution in [0.2, 0.25) is 5.02 Å². The second-order valence-electron chi connectivity index (χ2n) is 7.45. The Hall–Kier alpha value is -2.40. The SMILES string of the molecule is O=C(NC1CCC[C@]2(CCN(c3cccc(Cl)c3)C2=O)C1)c1ccccn1. The van der Waals surface area contributed by atoms with E-state index in [1.807, 2.05) is 29.2 Å². The highest BCUT2D eigenvalue weighted by Gasteiger charge is 2.49. The van der Waals surface area contributed by atoms with Crippen molar-refractivity contribution in [2.24, 2.45) is 5.41 Å². The minimum Gasteiger partial charge on any atom is -0.348 e. The van der Waals surface area contributed by atoms with E-state index in [9.17, 15) is 9.59 Å². The normalized spacial score (nSPS) is 25.0. The van der Waals surface area contributed by atoms with Crippen molar-refractivity contribution in [3.05, 3.63) is 59.4 Å². The molecule has 0 bridgehead atoms. The first kappa shape index (κ1) is 18.0. The largest absolute Gasteiger partial charge is 0.348 e. The van der Waals surface area contributed by atoms with Gasteiger partial charge in [0.05, 0.1) is 5.41 Å². The summed E-state index contributed by atoms with van der Waals surface area (Å²) >= 11 is 6.10. The summed E-state index contributed by atoms with van der Waals surface area (Å²) in [6.07, 6.45) is 5.81. The van der Waals surface area contributed by atoms with Crippen LogP contribution in [0.5, 0.6) is 0 Å².